The van der Waals surface area contributed by atoms with E-state index in [1.807, 2.05) is 26.0 Å². The highest BCUT2D eigenvalue weighted by molar-refractivity contribution is 5.98. The zero-order chi connectivity index (χ0) is 7.61. The first-order valence-electron chi connectivity index (χ1n) is 3.26. The van der Waals surface area contributed by atoms with Crippen molar-refractivity contribution in [3.8, 4) is 0 Å². The Kier molecular flexibility index (Phi) is 1.96. The van der Waals surface area contributed by atoms with Gasteiger partial charge in [-0.2, -0.15) is 0 Å². The number of hydrogen-bond acceptors (Lipinski definition) is 2. The van der Waals surface area contributed by atoms with Gasteiger partial charge >= 0.3 is 0 Å². The van der Waals surface area contributed by atoms with Crippen LogP contribution in [0, 0.1) is 0 Å². The number of rotatable bonds is 2. The number of furan rings is 1. The Morgan fingerprint density at radius 1 is 1.60 bits per heavy atom. The van der Waals surface area contributed by atoms with Crippen LogP contribution in [0.25, 0.3) is 0 Å². The molecular weight excluding hydrogens is 144 g/mol. The normalized spacial score (nSPS) is 12.2. The van der Waals surface area contributed by atoms with Crippen molar-refractivity contribution >= 4 is 10.5 Å². The molecule has 0 saturated heterocycles. The monoisotopic (exact) mass is 156 g/mol. The van der Waals surface area contributed by atoms with Crippen molar-refractivity contribution in [1.29, 1.82) is 0 Å². The molecule has 1 aromatic rings. The molecule has 0 spiro atoms. The van der Waals surface area contributed by atoms with Gasteiger partial charge in [0.05, 0.1) is 6.26 Å². The topological polar surface area (TPSA) is 22.4 Å². The average molecular weight is 156 g/mol. The fraction of sp³-hybridized carbons (Fsp3) is 0.429. The Bertz CT molecular complexity index is 191. The van der Waals surface area contributed by atoms with Gasteiger partial charge in [0.2, 0.25) is 0 Å². The van der Waals surface area contributed by atoms with Crippen LogP contribution in [-0.4, -0.2) is 10.5 Å². The van der Waals surface area contributed by atoms with Crippen LogP contribution >= 0.6 is 0 Å². The SMILES string of the molecule is CC(C)(O[SiH3])c1ccco1. The van der Waals surface area contributed by atoms with E-state index in [0.29, 0.717) is 0 Å². The molecule has 0 aromatic carbocycles. The molecule has 0 fully saturated rings. The molecule has 0 aliphatic rings. The van der Waals surface area contributed by atoms with Gasteiger partial charge in [0.25, 0.3) is 0 Å². The highest BCUT2D eigenvalue weighted by Crippen LogP contribution is 2.22. The van der Waals surface area contributed by atoms with E-state index in [1.54, 1.807) is 6.26 Å². The van der Waals surface area contributed by atoms with Gasteiger partial charge in [-0.3, -0.25) is 0 Å². The largest absolute Gasteiger partial charge is 0.466 e. The number of hydrogen-bond donors (Lipinski definition) is 0. The molecular formula is C7H12O2Si. The summed E-state index contributed by atoms with van der Waals surface area (Å²) in [7, 11) is 0.734. The quantitative estimate of drug-likeness (QED) is 0.591. The zero-order valence-corrected chi connectivity index (χ0v) is 8.55. The lowest BCUT2D eigenvalue weighted by molar-refractivity contribution is 0.0949. The molecule has 10 heavy (non-hydrogen) atoms. The standard InChI is InChI=1S/C7H12O2Si/c1-7(2,9-10)6-4-3-5-8-6/h3-5H,1-2,10H3. The molecule has 0 amide bonds. The van der Waals surface area contributed by atoms with E-state index >= 15 is 0 Å². The minimum Gasteiger partial charge on any atom is -0.466 e. The summed E-state index contributed by atoms with van der Waals surface area (Å²) >= 11 is 0. The van der Waals surface area contributed by atoms with Gasteiger partial charge in [0.1, 0.15) is 21.8 Å². The average Bonchev–Trinajstić information content (AvgIpc) is 2.38. The molecule has 0 bridgehead atoms. The summed E-state index contributed by atoms with van der Waals surface area (Å²) in [6.45, 7) is 4.00. The molecule has 1 rings (SSSR count). The maximum absolute atomic E-state index is 5.33. The van der Waals surface area contributed by atoms with Crippen LogP contribution in [0.3, 0.4) is 0 Å². The van der Waals surface area contributed by atoms with Gasteiger partial charge in [-0.1, -0.05) is 0 Å². The van der Waals surface area contributed by atoms with Crippen molar-refractivity contribution in [2.45, 2.75) is 19.4 Å². The predicted molar refractivity (Wildman–Crippen MR) is 42.8 cm³/mol. The van der Waals surface area contributed by atoms with Gasteiger partial charge in [0.15, 0.2) is 0 Å². The summed E-state index contributed by atoms with van der Waals surface area (Å²) in [5.41, 5.74) is -0.240. The molecule has 0 N–H and O–H groups in total. The van der Waals surface area contributed by atoms with E-state index < -0.39 is 0 Å². The fourth-order valence-corrected chi connectivity index (χ4v) is 0.923. The second kappa shape index (κ2) is 2.60. The lowest BCUT2D eigenvalue weighted by Crippen LogP contribution is -2.18. The van der Waals surface area contributed by atoms with Gasteiger partial charge in [0, 0.05) is 0 Å². The third kappa shape index (κ3) is 1.30. The third-order valence-corrected chi connectivity index (χ3v) is 2.65. The van der Waals surface area contributed by atoms with Crippen LogP contribution in [0.1, 0.15) is 19.6 Å². The molecule has 0 unspecified atom stereocenters. The van der Waals surface area contributed by atoms with E-state index in [1.165, 1.54) is 0 Å². The Labute approximate surface area is 63.7 Å². The summed E-state index contributed by atoms with van der Waals surface area (Å²) in [4.78, 5) is 0. The lowest BCUT2D eigenvalue weighted by atomic mass is 10.1. The van der Waals surface area contributed by atoms with Crippen molar-refractivity contribution in [2.24, 2.45) is 0 Å². The molecule has 1 heterocycles. The lowest BCUT2D eigenvalue weighted by Gasteiger charge is -2.20. The van der Waals surface area contributed by atoms with E-state index in [2.05, 4.69) is 0 Å². The van der Waals surface area contributed by atoms with Gasteiger partial charge in [-0.15, -0.1) is 0 Å². The molecule has 0 radical (unpaired) electrons. The molecule has 2 nitrogen and oxygen atoms in total. The van der Waals surface area contributed by atoms with Crippen molar-refractivity contribution in [2.75, 3.05) is 0 Å². The second-order valence-corrected chi connectivity index (χ2v) is 3.10. The fourth-order valence-electron chi connectivity index (χ4n) is 0.722. The molecule has 0 saturated carbocycles. The minimum absolute atomic E-state index is 0.240. The van der Waals surface area contributed by atoms with E-state index in [9.17, 15) is 0 Å². The highest BCUT2D eigenvalue weighted by atomic mass is 28.2. The molecule has 0 atom stereocenters. The van der Waals surface area contributed by atoms with Crippen molar-refractivity contribution in [3.05, 3.63) is 24.2 Å². The molecule has 56 valence electrons. The summed E-state index contributed by atoms with van der Waals surface area (Å²) in [5, 5.41) is 0. The summed E-state index contributed by atoms with van der Waals surface area (Å²) in [5.74, 6) is 0.891. The van der Waals surface area contributed by atoms with Gasteiger partial charge < -0.3 is 8.84 Å². The minimum atomic E-state index is -0.240. The molecule has 3 heteroatoms. The smallest absolute Gasteiger partial charge is 0.147 e. The molecule has 0 aliphatic heterocycles. The zero-order valence-electron chi connectivity index (χ0n) is 6.55. The van der Waals surface area contributed by atoms with Crippen LogP contribution < -0.4 is 0 Å². The Hall–Kier alpha value is -0.543. The van der Waals surface area contributed by atoms with Crippen LogP contribution in [0.15, 0.2) is 22.8 Å². The first-order chi connectivity index (χ1) is 4.67. The van der Waals surface area contributed by atoms with Crippen LogP contribution in [0.2, 0.25) is 0 Å². The first kappa shape index (κ1) is 7.56. The first-order valence-corrected chi connectivity index (χ1v) is 4.07. The van der Waals surface area contributed by atoms with E-state index in [0.717, 1.165) is 16.2 Å². The maximum atomic E-state index is 5.33. The summed E-state index contributed by atoms with van der Waals surface area (Å²) in [6.07, 6.45) is 1.66. The Morgan fingerprint density at radius 3 is 2.70 bits per heavy atom. The van der Waals surface area contributed by atoms with E-state index in [-0.39, 0.29) is 5.60 Å². The summed E-state index contributed by atoms with van der Waals surface area (Å²) < 4.78 is 10.5. The van der Waals surface area contributed by atoms with Crippen molar-refractivity contribution in [1.82, 2.24) is 0 Å². The predicted octanol–water partition coefficient (Wildman–Crippen LogP) is 0.812. The summed E-state index contributed by atoms with van der Waals surface area (Å²) in [6, 6.07) is 3.80. The third-order valence-electron chi connectivity index (χ3n) is 1.62. The van der Waals surface area contributed by atoms with Crippen LogP contribution in [0.4, 0.5) is 0 Å². The maximum Gasteiger partial charge on any atom is 0.147 e. The van der Waals surface area contributed by atoms with Crippen LogP contribution in [-0.2, 0) is 10.0 Å². The van der Waals surface area contributed by atoms with Crippen molar-refractivity contribution in [3.63, 3.8) is 0 Å². The Balaban J connectivity index is 2.85. The molecule has 0 aliphatic carbocycles. The van der Waals surface area contributed by atoms with Crippen molar-refractivity contribution < 1.29 is 8.84 Å². The van der Waals surface area contributed by atoms with Crippen LogP contribution in [0.5, 0.6) is 0 Å². The highest BCUT2D eigenvalue weighted by Gasteiger charge is 2.20. The Morgan fingerprint density at radius 2 is 2.30 bits per heavy atom. The molecule has 1 aromatic heterocycles. The second-order valence-electron chi connectivity index (χ2n) is 2.69. The van der Waals surface area contributed by atoms with E-state index in [4.69, 9.17) is 8.84 Å². The van der Waals surface area contributed by atoms with Gasteiger partial charge in [-0.05, 0) is 26.0 Å². The van der Waals surface area contributed by atoms with Gasteiger partial charge in [-0.25, -0.2) is 0 Å².